The second-order valence-corrected chi connectivity index (χ2v) is 9.05. The van der Waals surface area contributed by atoms with Gasteiger partial charge in [-0.2, -0.15) is 0 Å². The maximum Gasteiger partial charge on any atom is 0.242 e. The number of hydrogen-bond donors (Lipinski definition) is 1. The van der Waals surface area contributed by atoms with Crippen LogP contribution in [0.5, 0.6) is 11.5 Å². The lowest BCUT2D eigenvalue weighted by molar-refractivity contribution is -0.141. The predicted molar refractivity (Wildman–Crippen MR) is 129 cm³/mol. The van der Waals surface area contributed by atoms with E-state index in [4.69, 9.17) is 9.47 Å². The zero-order chi connectivity index (χ0) is 23.8. The molecule has 2 aromatic rings. The summed E-state index contributed by atoms with van der Waals surface area (Å²) in [7, 11) is 0. The van der Waals surface area contributed by atoms with Crippen molar-refractivity contribution in [2.24, 2.45) is 5.92 Å². The lowest BCUT2D eigenvalue weighted by Crippen LogP contribution is -2.49. The molecule has 1 atom stereocenters. The fraction of sp³-hybridized carbons (Fsp3) is 0.481. The minimum Gasteiger partial charge on any atom is -0.486 e. The number of ether oxygens (including phenoxy) is 2. The molecule has 0 aliphatic carbocycles. The monoisotopic (exact) mass is 452 g/mol. The molecule has 1 heterocycles. The van der Waals surface area contributed by atoms with Crippen LogP contribution in [0.3, 0.4) is 0 Å². The van der Waals surface area contributed by atoms with Gasteiger partial charge in [0.15, 0.2) is 11.5 Å². The first-order valence-electron chi connectivity index (χ1n) is 11.9. The molecular weight excluding hydrogens is 416 g/mol. The molecule has 2 aromatic carbocycles. The molecule has 1 aliphatic heterocycles. The third-order valence-electron chi connectivity index (χ3n) is 5.78. The van der Waals surface area contributed by atoms with Crippen LogP contribution in [0.4, 0.5) is 0 Å². The van der Waals surface area contributed by atoms with E-state index in [9.17, 15) is 9.59 Å². The minimum absolute atomic E-state index is 0.0305. The van der Waals surface area contributed by atoms with Gasteiger partial charge in [0.05, 0.1) is 0 Å². The van der Waals surface area contributed by atoms with Crippen molar-refractivity contribution in [3.8, 4) is 11.5 Å². The topological polar surface area (TPSA) is 67.9 Å². The van der Waals surface area contributed by atoms with E-state index >= 15 is 0 Å². The molecule has 6 heteroatoms. The van der Waals surface area contributed by atoms with Crippen molar-refractivity contribution >= 4 is 11.8 Å². The summed E-state index contributed by atoms with van der Waals surface area (Å²) in [5.74, 6) is 1.69. The maximum absolute atomic E-state index is 13.4. The molecule has 2 amide bonds. The van der Waals surface area contributed by atoms with Crippen LogP contribution in [0, 0.1) is 12.8 Å². The van der Waals surface area contributed by atoms with E-state index in [0.29, 0.717) is 51.5 Å². The summed E-state index contributed by atoms with van der Waals surface area (Å²) in [4.78, 5) is 28.1. The van der Waals surface area contributed by atoms with Gasteiger partial charge in [0.2, 0.25) is 11.8 Å². The molecule has 0 bridgehead atoms. The lowest BCUT2D eigenvalue weighted by atomic mass is 10.0. The van der Waals surface area contributed by atoms with Gasteiger partial charge in [-0.3, -0.25) is 9.59 Å². The SMILES string of the molecule is CC[C@@H](C(=O)NCC(C)C)N(Cc1ccc(C)cc1)C(=O)CCc1ccc2c(c1)OCCO2. The Bertz CT molecular complexity index is 940. The van der Waals surface area contributed by atoms with Gasteiger partial charge in [0, 0.05) is 19.5 Å². The highest BCUT2D eigenvalue weighted by Gasteiger charge is 2.28. The molecule has 0 unspecified atom stereocenters. The summed E-state index contributed by atoms with van der Waals surface area (Å²) in [5.41, 5.74) is 3.19. The van der Waals surface area contributed by atoms with E-state index in [0.717, 1.165) is 28.2 Å². The summed E-state index contributed by atoms with van der Waals surface area (Å²) in [5, 5.41) is 3.01. The first-order valence-corrected chi connectivity index (χ1v) is 11.9. The lowest BCUT2D eigenvalue weighted by Gasteiger charge is -2.31. The molecule has 3 rings (SSSR count). The third-order valence-corrected chi connectivity index (χ3v) is 5.78. The smallest absolute Gasteiger partial charge is 0.242 e. The Hall–Kier alpha value is -3.02. The maximum atomic E-state index is 13.4. The zero-order valence-corrected chi connectivity index (χ0v) is 20.2. The average molecular weight is 453 g/mol. The van der Waals surface area contributed by atoms with Crippen LogP contribution in [0.25, 0.3) is 0 Å². The molecule has 0 fully saturated rings. The van der Waals surface area contributed by atoms with E-state index in [-0.39, 0.29) is 11.8 Å². The van der Waals surface area contributed by atoms with Crippen LogP contribution in [0.1, 0.15) is 50.3 Å². The van der Waals surface area contributed by atoms with Gasteiger partial charge in [0.25, 0.3) is 0 Å². The number of rotatable bonds is 10. The minimum atomic E-state index is -0.502. The number of benzene rings is 2. The Morgan fingerprint density at radius 2 is 1.67 bits per heavy atom. The van der Waals surface area contributed by atoms with Crippen molar-refractivity contribution in [2.45, 2.75) is 59.5 Å². The Morgan fingerprint density at radius 1 is 1.00 bits per heavy atom. The number of aryl methyl sites for hydroxylation is 2. The summed E-state index contributed by atoms with van der Waals surface area (Å²) in [6, 6.07) is 13.4. The average Bonchev–Trinajstić information content (AvgIpc) is 2.82. The summed E-state index contributed by atoms with van der Waals surface area (Å²) >= 11 is 0. The Balaban J connectivity index is 1.74. The van der Waals surface area contributed by atoms with E-state index in [1.165, 1.54) is 0 Å². The number of carbonyl (C=O) groups excluding carboxylic acids is 2. The van der Waals surface area contributed by atoms with E-state index in [2.05, 4.69) is 19.2 Å². The first-order chi connectivity index (χ1) is 15.9. The highest BCUT2D eigenvalue weighted by molar-refractivity contribution is 5.87. The van der Waals surface area contributed by atoms with Crippen LogP contribution >= 0.6 is 0 Å². The molecule has 1 aliphatic rings. The molecule has 6 nitrogen and oxygen atoms in total. The van der Waals surface area contributed by atoms with Gasteiger partial charge in [-0.05, 0) is 48.9 Å². The number of nitrogens with zero attached hydrogens (tertiary/aromatic N) is 1. The quantitative estimate of drug-likeness (QED) is 0.584. The van der Waals surface area contributed by atoms with E-state index in [1.54, 1.807) is 4.90 Å². The van der Waals surface area contributed by atoms with Crippen molar-refractivity contribution in [1.29, 1.82) is 0 Å². The van der Waals surface area contributed by atoms with E-state index in [1.807, 2.05) is 56.3 Å². The Labute approximate surface area is 197 Å². The van der Waals surface area contributed by atoms with Crippen molar-refractivity contribution in [3.05, 3.63) is 59.2 Å². The van der Waals surface area contributed by atoms with Crippen molar-refractivity contribution in [3.63, 3.8) is 0 Å². The summed E-state index contributed by atoms with van der Waals surface area (Å²) in [6.45, 7) is 10.2. The number of fused-ring (bicyclic) bond motifs is 1. The van der Waals surface area contributed by atoms with Crippen molar-refractivity contribution in [2.75, 3.05) is 19.8 Å². The van der Waals surface area contributed by atoms with Gasteiger partial charge >= 0.3 is 0 Å². The second kappa shape index (κ2) is 11.7. The number of hydrogen-bond acceptors (Lipinski definition) is 4. The van der Waals surface area contributed by atoms with E-state index < -0.39 is 6.04 Å². The molecule has 1 N–H and O–H groups in total. The predicted octanol–water partition coefficient (Wildman–Crippen LogP) is 4.28. The molecule has 0 spiro atoms. The summed E-state index contributed by atoms with van der Waals surface area (Å²) in [6.07, 6.45) is 1.45. The number of carbonyl (C=O) groups is 2. The second-order valence-electron chi connectivity index (χ2n) is 9.05. The fourth-order valence-electron chi connectivity index (χ4n) is 3.87. The number of amides is 2. The highest BCUT2D eigenvalue weighted by atomic mass is 16.6. The van der Waals surface area contributed by atoms with Crippen LogP contribution in [0.15, 0.2) is 42.5 Å². The highest BCUT2D eigenvalue weighted by Crippen LogP contribution is 2.31. The van der Waals surface area contributed by atoms with Crippen molar-refractivity contribution < 1.29 is 19.1 Å². The normalized spacial score (nSPS) is 13.5. The van der Waals surface area contributed by atoms with Crippen LogP contribution in [-0.4, -0.2) is 42.5 Å². The van der Waals surface area contributed by atoms with Gasteiger partial charge in [-0.1, -0.05) is 56.7 Å². The van der Waals surface area contributed by atoms with Gasteiger partial charge in [0.1, 0.15) is 19.3 Å². The third kappa shape index (κ3) is 6.98. The Kier molecular flexibility index (Phi) is 8.75. The van der Waals surface area contributed by atoms with Gasteiger partial charge in [-0.25, -0.2) is 0 Å². The van der Waals surface area contributed by atoms with Gasteiger partial charge in [-0.15, -0.1) is 0 Å². The zero-order valence-electron chi connectivity index (χ0n) is 20.2. The summed E-state index contributed by atoms with van der Waals surface area (Å²) < 4.78 is 11.3. The van der Waals surface area contributed by atoms with Crippen LogP contribution in [-0.2, 0) is 22.6 Å². The molecule has 0 saturated heterocycles. The molecular formula is C27H36N2O4. The van der Waals surface area contributed by atoms with Crippen LogP contribution < -0.4 is 14.8 Å². The molecule has 178 valence electrons. The Morgan fingerprint density at radius 3 is 2.33 bits per heavy atom. The first kappa shape index (κ1) is 24.6. The van der Waals surface area contributed by atoms with Crippen molar-refractivity contribution in [1.82, 2.24) is 10.2 Å². The molecule has 0 radical (unpaired) electrons. The largest absolute Gasteiger partial charge is 0.486 e. The van der Waals surface area contributed by atoms with Gasteiger partial charge < -0.3 is 19.7 Å². The molecule has 0 saturated carbocycles. The fourth-order valence-corrected chi connectivity index (χ4v) is 3.87. The molecule has 0 aromatic heterocycles. The molecule has 33 heavy (non-hydrogen) atoms. The number of nitrogens with one attached hydrogen (secondary N) is 1. The van der Waals surface area contributed by atoms with Crippen LogP contribution in [0.2, 0.25) is 0 Å². The standard InChI is InChI=1S/C27H36N2O4/c1-5-23(27(31)28-17-19(2)3)29(18-22-8-6-20(4)7-9-22)26(30)13-11-21-10-12-24-25(16-21)33-15-14-32-24/h6-10,12,16,19,23H,5,11,13-15,17-18H2,1-4H3,(H,28,31)/t23-/m0/s1.